The first-order valence-electron chi connectivity index (χ1n) is 5.71. The molecule has 17 heavy (non-hydrogen) atoms. The highest BCUT2D eigenvalue weighted by Gasteiger charge is 2.44. The van der Waals surface area contributed by atoms with Gasteiger partial charge in [0.25, 0.3) is 0 Å². The first-order valence-corrected chi connectivity index (χ1v) is 6.50. The summed E-state index contributed by atoms with van der Waals surface area (Å²) in [5.41, 5.74) is 0. The van der Waals surface area contributed by atoms with Crippen molar-refractivity contribution >= 4 is 21.7 Å². The van der Waals surface area contributed by atoms with Crippen molar-refractivity contribution in [1.82, 2.24) is 9.97 Å². The average molecular weight is 300 g/mol. The van der Waals surface area contributed by atoms with Gasteiger partial charge in [-0.3, -0.25) is 0 Å². The smallest absolute Gasteiger partial charge is 0.187 e. The molecule has 2 fully saturated rings. The van der Waals surface area contributed by atoms with Crippen molar-refractivity contribution in [3.8, 4) is 0 Å². The molecule has 6 heteroatoms. The third-order valence-corrected chi connectivity index (χ3v) is 3.71. The first kappa shape index (κ1) is 11.4. The molecule has 0 amide bonds. The van der Waals surface area contributed by atoms with Crippen molar-refractivity contribution in [2.45, 2.75) is 19.1 Å². The molecule has 3 rings (SSSR count). The highest BCUT2D eigenvalue weighted by Crippen LogP contribution is 2.35. The molecule has 2 aliphatic heterocycles. The van der Waals surface area contributed by atoms with Crippen LogP contribution >= 0.6 is 15.9 Å². The van der Waals surface area contributed by atoms with E-state index in [1.54, 1.807) is 6.20 Å². The van der Waals surface area contributed by atoms with Crippen LogP contribution in [0.3, 0.4) is 0 Å². The first-order chi connectivity index (χ1) is 8.19. The molecular weight excluding hydrogens is 286 g/mol. The Morgan fingerprint density at radius 3 is 2.94 bits per heavy atom. The van der Waals surface area contributed by atoms with Crippen molar-refractivity contribution in [1.29, 1.82) is 0 Å². The average Bonchev–Trinajstić information content (AvgIpc) is 2.94. The molecule has 0 radical (unpaired) electrons. The molecule has 0 aromatic carbocycles. The van der Waals surface area contributed by atoms with E-state index >= 15 is 0 Å². The van der Waals surface area contributed by atoms with Gasteiger partial charge < -0.3 is 14.4 Å². The summed E-state index contributed by atoms with van der Waals surface area (Å²) in [6, 6.07) is 0. The molecule has 2 saturated heterocycles. The van der Waals surface area contributed by atoms with Crippen LogP contribution in [-0.2, 0) is 9.47 Å². The van der Waals surface area contributed by atoms with Crippen LogP contribution in [0.25, 0.3) is 0 Å². The molecule has 0 bridgehead atoms. The van der Waals surface area contributed by atoms with Crippen LogP contribution in [0.1, 0.15) is 12.2 Å². The van der Waals surface area contributed by atoms with E-state index in [4.69, 9.17) is 9.47 Å². The minimum atomic E-state index is -0.404. The number of hydrogen-bond acceptors (Lipinski definition) is 5. The fraction of sp³-hybridized carbons (Fsp3) is 0.636. The van der Waals surface area contributed by atoms with Crippen molar-refractivity contribution in [3.05, 3.63) is 16.5 Å². The molecule has 0 unspecified atom stereocenters. The van der Waals surface area contributed by atoms with Gasteiger partial charge in [-0.15, -0.1) is 0 Å². The Bertz CT molecular complexity index is 435. The fourth-order valence-corrected chi connectivity index (χ4v) is 2.77. The van der Waals surface area contributed by atoms with Crippen LogP contribution in [0.4, 0.5) is 5.82 Å². The Hall–Kier alpha value is -0.720. The third-order valence-electron chi connectivity index (χ3n) is 3.15. The summed E-state index contributed by atoms with van der Waals surface area (Å²) in [4.78, 5) is 10.8. The lowest BCUT2D eigenvalue weighted by Gasteiger charge is -2.23. The lowest BCUT2D eigenvalue weighted by Crippen LogP contribution is -2.34. The zero-order chi connectivity index (χ0) is 11.9. The molecule has 1 aromatic rings. The predicted molar refractivity (Wildman–Crippen MR) is 65.9 cm³/mol. The third kappa shape index (κ3) is 2.05. The molecule has 0 aliphatic carbocycles. The zero-order valence-corrected chi connectivity index (χ0v) is 11.2. The Morgan fingerprint density at radius 1 is 1.41 bits per heavy atom. The molecule has 1 spiro atoms. The van der Waals surface area contributed by atoms with Gasteiger partial charge in [-0.25, -0.2) is 9.97 Å². The van der Waals surface area contributed by atoms with E-state index in [9.17, 15) is 0 Å². The normalized spacial score (nSPS) is 22.6. The van der Waals surface area contributed by atoms with Crippen molar-refractivity contribution in [2.75, 3.05) is 31.2 Å². The summed E-state index contributed by atoms with van der Waals surface area (Å²) >= 11 is 3.49. The summed E-state index contributed by atoms with van der Waals surface area (Å²) in [5.74, 6) is 1.30. The van der Waals surface area contributed by atoms with Gasteiger partial charge in [-0.05, 0) is 22.9 Å². The van der Waals surface area contributed by atoms with E-state index in [-0.39, 0.29) is 0 Å². The summed E-state index contributed by atoms with van der Waals surface area (Å²) in [6.07, 6.45) is 2.68. The SMILES string of the molecule is Cc1ncc(Br)c(N2CCC3(C2)OCCO3)n1. The Morgan fingerprint density at radius 2 is 2.18 bits per heavy atom. The molecule has 0 N–H and O–H groups in total. The van der Waals surface area contributed by atoms with Gasteiger partial charge in [0.2, 0.25) is 0 Å². The summed E-state index contributed by atoms with van der Waals surface area (Å²) < 4.78 is 12.3. The Balaban J connectivity index is 1.84. The second-order valence-electron chi connectivity index (χ2n) is 4.37. The van der Waals surface area contributed by atoms with Gasteiger partial charge in [0.1, 0.15) is 11.6 Å². The van der Waals surface area contributed by atoms with E-state index in [1.165, 1.54) is 0 Å². The van der Waals surface area contributed by atoms with E-state index in [0.29, 0.717) is 13.2 Å². The molecule has 1 aromatic heterocycles. The number of ether oxygens (including phenoxy) is 2. The number of hydrogen-bond donors (Lipinski definition) is 0. The van der Waals surface area contributed by atoms with Gasteiger partial charge >= 0.3 is 0 Å². The highest BCUT2D eigenvalue weighted by molar-refractivity contribution is 9.10. The number of aromatic nitrogens is 2. The Labute approximate surface area is 108 Å². The van der Waals surface area contributed by atoms with Gasteiger partial charge in [0.15, 0.2) is 5.79 Å². The van der Waals surface area contributed by atoms with Crippen LogP contribution in [0.5, 0.6) is 0 Å². The Kier molecular flexibility index (Phi) is 2.80. The van der Waals surface area contributed by atoms with E-state index < -0.39 is 5.79 Å². The maximum atomic E-state index is 5.70. The molecule has 2 aliphatic rings. The largest absolute Gasteiger partial charge is 0.350 e. The fourth-order valence-electron chi connectivity index (χ4n) is 2.33. The van der Waals surface area contributed by atoms with Crippen molar-refractivity contribution < 1.29 is 9.47 Å². The molecular formula is C11H14BrN3O2. The number of anilines is 1. The minimum absolute atomic E-state index is 0.404. The van der Waals surface area contributed by atoms with E-state index in [1.807, 2.05) is 6.92 Å². The highest BCUT2D eigenvalue weighted by atomic mass is 79.9. The van der Waals surface area contributed by atoms with Gasteiger partial charge in [-0.1, -0.05) is 0 Å². The number of rotatable bonds is 1. The van der Waals surface area contributed by atoms with Crippen LogP contribution in [0.15, 0.2) is 10.7 Å². The molecule has 3 heterocycles. The summed E-state index contributed by atoms with van der Waals surface area (Å²) in [6.45, 7) is 4.91. The number of aryl methyl sites for hydroxylation is 1. The molecule has 0 saturated carbocycles. The zero-order valence-electron chi connectivity index (χ0n) is 9.65. The van der Waals surface area contributed by atoms with Crippen molar-refractivity contribution in [3.63, 3.8) is 0 Å². The van der Waals surface area contributed by atoms with Crippen LogP contribution in [-0.4, -0.2) is 42.1 Å². The van der Waals surface area contributed by atoms with Crippen molar-refractivity contribution in [2.24, 2.45) is 0 Å². The van der Waals surface area contributed by atoms with Crippen LogP contribution < -0.4 is 4.90 Å². The van der Waals surface area contributed by atoms with Gasteiger partial charge in [0, 0.05) is 19.2 Å². The van der Waals surface area contributed by atoms with E-state index in [0.717, 1.165) is 35.6 Å². The van der Waals surface area contributed by atoms with E-state index in [2.05, 4.69) is 30.8 Å². The second kappa shape index (κ2) is 4.19. The predicted octanol–water partition coefficient (Wildman–Crippen LogP) is 1.50. The number of halogens is 1. The van der Waals surface area contributed by atoms with Gasteiger partial charge in [-0.2, -0.15) is 0 Å². The summed E-state index contributed by atoms with van der Waals surface area (Å²) in [5, 5.41) is 0. The van der Waals surface area contributed by atoms with Gasteiger partial charge in [0.05, 0.1) is 24.2 Å². The van der Waals surface area contributed by atoms with Crippen LogP contribution in [0, 0.1) is 6.92 Å². The van der Waals surface area contributed by atoms with Crippen LogP contribution in [0.2, 0.25) is 0 Å². The summed E-state index contributed by atoms with van der Waals surface area (Å²) in [7, 11) is 0. The standard InChI is InChI=1S/C11H14BrN3O2/c1-8-13-6-9(12)10(14-8)15-3-2-11(7-15)16-4-5-17-11/h6H,2-5,7H2,1H3. The maximum absolute atomic E-state index is 5.70. The second-order valence-corrected chi connectivity index (χ2v) is 5.22. The maximum Gasteiger partial charge on any atom is 0.187 e. The topological polar surface area (TPSA) is 47.5 Å². The number of nitrogens with zero attached hydrogens (tertiary/aromatic N) is 3. The monoisotopic (exact) mass is 299 g/mol. The molecule has 0 atom stereocenters. The lowest BCUT2D eigenvalue weighted by molar-refractivity contribution is -0.137. The molecule has 92 valence electrons. The lowest BCUT2D eigenvalue weighted by atomic mass is 10.2. The minimum Gasteiger partial charge on any atom is -0.350 e. The molecule has 5 nitrogen and oxygen atoms in total. The quantitative estimate of drug-likeness (QED) is 0.786.